The molecule has 22 heavy (non-hydrogen) atoms. The summed E-state index contributed by atoms with van der Waals surface area (Å²) in [5.74, 6) is 0. The van der Waals surface area contributed by atoms with Crippen LogP contribution < -0.4 is 5.32 Å². The first-order chi connectivity index (χ1) is 9.80. The monoisotopic (exact) mass is 332 g/mol. The molecule has 0 aromatic heterocycles. The minimum atomic E-state index is -1.78. The van der Waals surface area contributed by atoms with E-state index in [1.807, 2.05) is 27.8 Å². The van der Waals surface area contributed by atoms with Gasteiger partial charge in [-0.2, -0.15) is 0 Å². The first-order valence-corrected chi connectivity index (χ1v) is 11.0. The number of amides is 1. The fourth-order valence-electron chi connectivity index (χ4n) is 1.50. The van der Waals surface area contributed by atoms with E-state index in [4.69, 9.17) is 9.16 Å². The molecule has 0 rings (SSSR count). The van der Waals surface area contributed by atoms with Crippen LogP contribution in [0.1, 0.15) is 41.5 Å². The quantitative estimate of drug-likeness (QED) is 0.725. The fraction of sp³-hybridized carbons (Fsp3) is 0.938. The Bertz CT molecular complexity index is 346. The van der Waals surface area contributed by atoms with Crippen LogP contribution in [0.2, 0.25) is 18.1 Å². The zero-order valence-electron chi connectivity index (χ0n) is 16.0. The Labute approximate surface area is 137 Å². The van der Waals surface area contributed by atoms with Crippen LogP contribution in [0.5, 0.6) is 0 Å². The van der Waals surface area contributed by atoms with Crippen LogP contribution in [0.4, 0.5) is 4.79 Å². The number of hydrogen-bond donors (Lipinski definition) is 1. The second-order valence-corrected chi connectivity index (χ2v) is 13.0. The highest BCUT2D eigenvalue weighted by Gasteiger charge is 2.37. The molecule has 6 heteroatoms. The SMILES string of the molecule is CNCCN(CCO[Si](C)(C)C(C)(C)C)C(=O)OC(C)(C)C. The lowest BCUT2D eigenvalue weighted by Gasteiger charge is -2.37. The van der Waals surface area contributed by atoms with Crippen molar-refractivity contribution in [3.8, 4) is 0 Å². The maximum atomic E-state index is 12.2. The van der Waals surface area contributed by atoms with Crippen molar-refractivity contribution in [3.63, 3.8) is 0 Å². The summed E-state index contributed by atoms with van der Waals surface area (Å²) in [6.45, 7) is 19.2. The molecule has 0 saturated carbocycles. The van der Waals surface area contributed by atoms with Gasteiger partial charge in [-0.3, -0.25) is 0 Å². The number of nitrogens with one attached hydrogen (secondary N) is 1. The molecule has 0 aromatic rings. The molecule has 0 aliphatic rings. The number of ether oxygens (including phenoxy) is 1. The van der Waals surface area contributed by atoms with Crippen LogP contribution in [0.25, 0.3) is 0 Å². The van der Waals surface area contributed by atoms with Gasteiger partial charge < -0.3 is 19.4 Å². The van der Waals surface area contributed by atoms with Crippen molar-refractivity contribution in [1.82, 2.24) is 10.2 Å². The number of rotatable bonds is 7. The fourth-order valence-corrected chi connectivity index (χ4v) is 2.53. The van der Waals surface area contributed by atoms with Crippen molar-refractivity contribution >= 4 is 14.4 Å². The summed E-state index contributed by atoms with van der Waals surface area (Å²) < 4.78 is 11.6. The maximum absolute atomic E-state index is 12.2. The molecular weight excluding hydrogens is 296 g/mol. The third kappa shape index (κ3) is 8.15. The summed E-state index contributed by atoms with van der Waals surface area (Å²) >= 11 is 0. The first kappa shape index (κ1) is 21.4. The van der Waals surface area contributed by atoms with Crippen LogP contribution in [0, 0.1) is 0 Å². The molecule has 0 unspecified atom stereocenters. The van der Waals surface area contributed by atoms with E-state index in [0.717, 1.165) is 6.54 Å². The van der Waals surface area contributed by atoms with Gasteiger partial charge in [0.15, 0.2) is 8.32 Å². The Morgan fingerprint density at radius 2 is 1.64 bits per heavy atom. The van der Waals surface area contributed by atoms with Crippen LogP contribution >= 0.6 is 0 Å². The van der Waals surface area contributed by atoms with Crippen molar-refractivity contribution in [3.05, 3.63) is 0 Å². The van der Waals surface area contributed by atoms with Gasteiger partial charge in [0.25, 0.3) is 0 Å². The van der Waals surface area contributed by atoms with Gasteiger partial charge in [0.1, 0.15) is 5.60 Å². The van der Waals surface area contributed by atoms with Crippen LogP contribution in [-0.2, 0) is 9.16 Å². The molecule has 5 nitrogen and oxygen atoms in total. The van der Waals surface area contributed by atoms with Gasteiger partial charge >= 0.3 is 6.09 Å². The molecule has 0 spiro atoms. The third-order valence-corrected chi connectivity index (χ3v) is 8.45. The Kier molecular flexibility index (Phi) is 8.09. The molecule has 132 valence electrons. The highest BCUT2D eigenvalue weighted by molar-refractivity contribution is 6.74. The van der Waals surface area contributed by atoms with Gasteiger partial charge in [0.05, 0.1) is 6.61 Å². The minimum Gasteiger partial charge on any atom is -0.444 e. The molecule has 1 N–H and O–H groups in total. The molecule has 0 bridgehead atoms. The van der Waals surface area contributed by atoms with Gasteiger partial charge in [0.2, 0.25) is 0 Å². The predicted octanol–water partition coefficient (Wildman–Crippen LogP) is 3.46. The lowest BCUT2D eigenvalue weighted by atomic mass is 10.2. The number of carbonyl (C=O) groups is 1. The van der Waals surface area contributed by atoms with E-state index in [9.17, 15) is 4.79 Å². The van der Waals surface area contributed by atoms with Crippen LogP contribution in [0.3, 0.4) is 0 Å². The number of hydrogen-bond acceptors (Lipinski definition) is 4. The van der Waals surface area contributed by atoms with E-state index >= 15 is 0 Å². The molecule has 1 amide bonds. The van der Waals surface area contributed by atoms with Gasteiger partial charge in [0, 0.05) is 19.6 Å². The lowest BCUT2D eigenvalue weighted by Crippen LogP contribution is -2.45. The smallest absolute Gasteiger partial charge is 0.410 e. The summed E-state index contributed by atoms with van der Waals surface area (Å²) in [7, 11) is 0.0954. The highest BCUT2D eigenvalue weighted by atomic mass is 28.4. The predicted molar refractivity (Wildman–Crippen MR) is 94.9 cm³/mol. The van der Waals surface area contributed by atoms with Gasteiger partial charge in [-0.15, -0.1) is 0 Å². The van der Waals surface area contributed by atoms with E-state index in [2.05, 4.69) is 39.2 Å². The van der Waals surface area contributed by atoms with Crippen molar-refractivity contribution in [1.29, 1.82) is 0 Å². The molecule has 0 heterocycles. The van der Waals surface area contributed by atoms with E-state index in [-0.39, 0.29) is 11.1 Å². The molecule has 0 saturated heterocycles. The zero-order chi connectivity index (χ0) is 17.6. The van der Waals surface area contributed by atoms with Gasteiger partial charge in [-0.1, -0.05) is 20.8 Å². The summed E-state index contributed by atoms with van der Waals surface area (Å²) in [4.78, 5) is 14.0. The Hall–Kier alpha value is -0.593. The van der Waals surface area contributed by atoms with Gasteiger partial charge in [-0.25, -0.2) is 4.79 Å². The topological polar surface area (TPSA) is 50.8 Å². The largest absolute Gasteiger partial charge is 0.444 e. The van der Waals surface area contributed by atoms with Crippen molar-refractivity contribution in [2.24, 2.45) is 0 Å². The van der Waals surface area contributed by atoms with Crippen LogP contribution in [-0.4, -0.2) is 58.2 Å². The molecule has 0 atom stereocenters. The zero-order valence-corrected chi connectivity index (χ0v) is 17.0. The Morgan fingerprint density at radius 3 is 2.05 bits per heavy atom. The van der Waals surface area contributed by atoms with Crippen molar-refractivity contribution in [2.75, 3.05) is 33.3 Å². The second kappa shape index (κ2) is 8.31. The van der Waals surface area contributed by atoms with E-state index < -0.39 is 13.9 Å². The molecule has 0 radical (unpaired) electrons. The van der Waals surface area contributed by atoms with Crippen LogP contribution in [0.15, 0.2) is 0 Å². The Balaban J connectivity index is 4.58. The standard InChI is InChI=1S/C16H36N2O3Si/c1-15(2,3)21-14(19)18(11-10-17-7)12-13-20-22(8,9)16(4,5)6/h17H,10-13H2,1-9H3. The second-order valence-electron chi connectivity index (χ2n) is 8.18. The summed E-state index contributed by atoms with van der Waals surface area (Å²) in [6, 6.07) is 0. The minimum absolute atomic E-state index is 0.175. The van der Waals surface area contributed by atoms with E-state index in [0.29, 0.717) is 19.7 Å². The number of carbonyl (C=O) groups excluding carboxylic acids is 1. The number of nitrogens with zero attached hydrogens (tertiary/aromatic N) is 1. The van der Waals surface area contributed by atoms with Gasteiger partial charge in [-0.05, 0) is 46.0 Å². The molecular formula is C16H36N2O3Si. The van der Waals surface area contributed by atoms with E-state index in [1.54, 1.807) is 4.90 Å². The summed E-state index contributed by atoms with van der Waals surface area (Å²) in [5.41, 5.74) is -0.477. The van der Waals surface area contributed by atoms with E-state index in [1.165, 1.54) is 0 Å². The average Bonchev–Trinajstić information content (AvgIpc) is 2.29. The summed E-state index contributed by atoms with van der Waals surface area (Å²) in [5, 5.41) is 3.24. The lowest BCUT2D eigenvalue weighted by molar-refractivity contribution is 0.0226. The number of likely N-dealkylation sites (N-methyl/N-ethyl adjacent to an activating group) is 1. The molecule has 0 fully saturated rings. The molecule has 0 aliphatic heterocycles. The first-order valence-electron chi connectivity index (χ1n) is 8.06. The molecule has 0 aromatic carbocycles. The maximum Gasteiger partial charge on any atom is 0.410 e. The third-order valence-electron chi connectivity index (χ3n) is 3.91. The molecule has 0 aliphatic carbocycles. The summed E-state index contributed by atoms with van der Waals surface area (Å²) in [6.07, 6.45) is -0.276. The average molecular weight is 333 g/mol. The van der Waals surface area contributed by atoms with Crippen molar-refractivity contribution < 1.29 is 14.0 Å². The Morgan fingerprint density at radius 1 is 1.09 bits per heavy atom. The normalized spacial score (nSPS) is 13.1. The van der Waals surface area contributed by atoms with Crippen molar-refractivity contribution in [2.45, 2.75) is 65.3 Å². The highest BCUT2D eigenvalue weighted by Crippen LogP contribution is 2.36.